The predicted molar refractivity (Wildman–Crippen MR) is 78.1 cm³/mol. The van der Waals surface area contributed by atoms with E-state index in [1.165, 1.54) is 11.1 Å². The van der Waals surface area contributed by atoms with E-state index in [4.69, 9.17) is 0 Å². The van der Waals surface area contributed by atoms with Crippen molar-refractivity contribution >= 4 is 21.8 Å². The van der Waals surface area contributed by atoms with E-state index < -0.39 is 0 Å². The first-order valence-corrected chi connectivity index (χ1v) is 7.15. The Bertz CT molecular complexity index is 620. The predicted octanol–water partition coefficient (Wildman–Crippen LogP) is 3.54. The van der Waals surface area contributed by atoms with Gasteiger partial charge in [0, 0.05) is 17.7 Å². The summed E-state index contributed by atoms with van der Waals surface area (Å²) in [5.74, 6) is 0.0346. The Morgan fingerprint density at radius 1 is 1.42 bits per heavy atom. The molecule has 0 bridgehead atoms. The lowest BCUT2D eigenvalue weighted by Gasteiger charge is -2.25. The Hall–Kier alpha value is -1.55. The van der Waals surface area contributed by atoms with Crippen LogP contribution in [0.15, 0.2) is 41.0 Å². The zero-order valence-electron chi connectivity index (χ0n) is 10.7. The van der Waals surface area contributed by atoms with Crippen molar-refractivity contribution in [2.24, 2.45) is 0 Å². The number of hydrogen-bond donors (Lipinski definition) is 1. The standard InChI is InChI=1S/C15H15BrN2O/c1-18(15(19)13-8-11(16)9-17-13)14-7-6-10-4-2-3-5-12(10)14/h2-5,8-9,14,17H,6-7H2,1H3. The van der Waals surface area contributed by atoms with Crippen molar-refractivity contribution in [3.05, 3.63) is 57.8 Å². The van der Waals surface area contributed by atoms with Crippen LogP contribution in [0.4, 0.5) is 0 Å². The van der Waals surface area contributed by atoms with E-state index in [1.807, 2.05) is 24.1 Å². The summed E-state index contributed by atoms with van der Waals surface area (Å²) in [5.41, 5.74) is 3.27. The fourth-order valence-electron chi connectivity index (χ4n) is 2.76. The molecule has 19 heavy (non-hydrogen) atoms. The molecule has 0 fully saturated rings. The van der Waals surface area contributed by atoms with Crippen LogP contribution in [0, 0.1) is 0 Å². The number of rotatable bonds is 2. The van der Waals surface area contributed by atoms with Gasteiger partial charge in [-0.25, -0.2) is 0 Å². The van der Waals surface area contributed by atoms with E-state index in [2.05, 4.69) is 39.1 Å². The molecule has 1 aliphatic carbocycles. The van der Waals surface area contributed by atoms with Crippen LogP contribution in [0.2, 0.25) is 0 Å². The van der Waals surface area contributed by atoms with E-state index in [1.54, 1.807) is 6.20 Å². The molecule has 0 aliphatic heterocycles. The Labute approximate surface area is 120 Å². The number of aromatic nitrogens is 1. The molecule has 3 nitrogen and oxygen atoms in total. The van der Waals surface area contributed by atoms with Gasteiger partial charge in [0.25, 0.3) is 5.91 Å². The minimum Gasteiger partial charge on any atom is -0.356 e. The van der Waals surface area contributed by atoms with Crippen LogP contribution in [0.25, 0.3) is 0 Å². The molecule has 4 heteroatoms. The normalized spacial score (nSPS) is 17.3. The fourth-order valence-corrected chi connectivity index (χ4v) is 3.10. The van der Waals surface area contributed by atoms with Gasteiger partial charge in [-0.05, 0) is 46.0 Å². The van der Waals surface area contributed by atoms with Gasteiger partial charge in [0.05, 0.1) is 6.04 Å². The molecule has 1 aromatic carbocycles. The quantitative estimate of drug-likeness (QED) is 0.903. The zero-order valence-corrected chi connectivity index (χ0v) is 12.3. The van der Waals surface area contributed by atoms with Crippen LogP contribution in [-0.2, 0) is 6.42 Å². The first kappa shape index (κ1) is 12.5. The average Bonchev–Trinajstić information content (AvgIpc) is 3.03. The number of aromatic amines is 1. The van der Waals surface area contributed by atoms with Crippen LogP contribution in [0.5, 0.6) is 0 Å². The van der Waals surface area contributed by atoms with Gasteiger partial charge >= 0.3 is 0 Å². The van der Waals surface area contributed by atoms with E-state index in [0.29, 0.717) is 5.69 Å². The third kappa shape index (κ3) is 2.21. The largest absolute Gasteiger partial charge is 0.356 e. The number of amides is 1. The number of H-pyrrole nitrogens is 1. The Morgan fingerprint density at radius 3 is 2.95 bits per heavy atom. The molecule has 3 rings (SSSR count). The second kappa shape index (κ2) is 4.85. The SMILES string of the molecule is CN(C(=O)c1cc(Br)c[nH]1)C1CCc2ccccc21. The van der Waals surface area contributed by atoms with Crippen molar-refractivity contribution in [1.29, 1.82) is 0 Å². The topological polar surface area (TPSA) is 36.1 Å². The number of nitrogens with zero attached hydrogens (tertiary/aromatic N) is 1. The number of hydrogen-bond acceptors (Lipinski definition) is 1. The van der Waals surface area contributed by atoms with Crippen LogP contribution >= 0.6 is 15.9 Å². The maximum atomic E-state index is 12.4. The molecule has 1 heterocycles. The molecule has 1 unspecified atom stereocenters. The lowest BCUT2D eigenvalue weighted by atomic mass is 10.1. The first-order chi connectivity index (χ1) is 9.16. The third-order valence-corrected chi connectivity index (χ3v) is 4.23. The summed E-state index contributed by atoms with van der Waals surface area (Å²) < 4.78 is 0.899. The van der Waals surface area contributed by atoms with Crippen LogP contribution < -0.4 is 0 Å². The molecule has 1 atom stereocenters. The van der Waals surface area contributed by atoms with E-state index in [9.17, 15) is 4.79 Å². The Morgan fingerprint density at radius 2 is 2.21 bits per heavy atom. The minimum atomic E-state index is 0.0346. The minimum absolute atomic E-state index is 0.0346. The van der Waals surface area contributed by atoms with Gasteiger partial charge in [0.1, 0.15) is 5.69 Å². The summed E-state index contributed by atoms with van der Waals surface area (Å²) in [5, 5.41) is 0. The van der Waals surface area contributed by atoms with Crippen LogP contribution in [-0.4, -0.2) is 22.8 Å². The molecule has 1 aliphatic rings. The molecule has 1 N–H and O–H groups in total. The Balaban J connectivity index is 1.86. The first-order valence-electron chi connectivity index (χ1n) is 6.35. The monoisotopic (exact) mass is 318 g/mol. The number of aryl methyl sites for hydroxylation is 1. The number of carbonyl (C=O) groups is 1. The van der Waals surface area contributed by atoms with E-state index in [0.717, 1.165) is 17.3 Å². The summed E-state index contributed by atoms with van der Waals surface area (Å²) in [7, 11) is 1.88. The molecule has 0 saturated heterocycles. The average molecular weight is 319 g/mol. The van der Waals surface area contributed by atoms with Gasteiger partial charge in [-0.15, -0.1) is 0 Å². The molecule has 0 saturated carbocycles. The zero-order chi connectivity index (χ0) is 13.4. The number of benzene rings is 1. The van der Waals surface area contributed by atoms with Gasteiger partial charge < -0.3 is 9.88 Å². The highest BCUT2D eigenvalue weighted by molar-refractivity contribution is 9.10. The molecular formula is C15H15BrN2O. The molecule has 1 amide bonds. The van der Waals surface area contributed by atoms with Crippen molar-refractivity contribution in [2.45, 2.75) is 18.9 Å². The molecule has 1 aromatic heterocycles. The second-order valence-electron chi connectivity index (χ2n) is 4.90. The number of fused-ring (bicyclic) bond motifs is 1. The van der Waals surface area contributed by atoms with Crippen LogP contribution in [0.1, 0.15) is 34.1 Å². The Kier molecular flexibility index (Phi) is 3.19. The highest BCUT2D eigenvalue weighted by Crippen LogP contribution is 2.35. The van der Waals surface area contributed by atoms with Crippen molar-refractivity contribution in [3.63, 3.8) is 0 Å². The van der Waals surface area contributed by atoms with Crippen molar-refractivity contribution < 1.29 is 4.79 Å². The van der Waals surface area contributed by atoms with Crippen molar-refractivity contribution in [1.82, 2.24) is 9.88 Å². The van der Waals surface area contributed by atoms with Gasteiger partial charge in [-0.3, -0.25) is 4.79 Å². The van der Waals surface area contributed by atoms with Gasteiger partial charge in [0.15, 0.2) is 0 Å². The van der Waals surface area contributed by atoms with E-state index in [-0.39, 0.29) is 11.9 Å². The number of carbonyl (C=O) groups excluding carboxylic acids is 1. The highest BCUT2D eigenvalue weighted by atomic mass is 79.9. The van der Waals surface area contributed by atoms with Gasteiger partial charge in [-0.1, -0.05) is 24.3 Å². The number of nitrogens with one attached hydrogen (secondary N) is 1. The second-order valence-corrected chi connectivity index (χ2v) is 5.82. The maximum absolute atomic E-state index is 12.4. The molecule has 98 valence electrons. The van der Waals surface area contributed by atoms with Crippen LogP contribution in [0.3, 0.4) is 0 Å². The lowest BCUT2D eigenvalue weighted by molar-refractivity contribution is 0.0725. The van der Waals surface area contributed by atoms with Gasteiger partial charge in [0.2, 0.25) is 0 Å². The highest BCUT2D eigenvalue weighted by Gasteiger charge is 2.29. The summed E-state index contributed by atoms with van der Waals surface area (Å²) in [4.78, 5) is 17.3. The fraction of sp³-hybridized carbons (Fsp3) is 0.267. The third-order valence-electron chi connectivity index (χ3n) is 3.77. The maximum Gasteiger partial charge on any atom is 0.270 e. The van der Waals surface area contributed by atoms with E-state index >= 15 is 0 Å². The molecule has 0 radical (unpaired) electrons. The van der Waals surface area contributed by atoms with Crippen molar-refractivity contribution in [2.75, 3.05) is 7.05 Å². The molecule has 2 aromatic rings. The number of halogens is 1. The smallest absolute Gasteiger partial charge is 0.270 e. The molecule has 0 spiro atoms. The summed E-state index contributed by atoms with van der Waals surface area (Å²) in [6, 6.07) is 10.4. The van der Waals surface area contributed by atoms with Crippen molar-refractivity contribution in [3.8, 4) is 0 Å². The summed E-state index contributed by atoms with van der Waals surface area (Å²) in [6.07, 6.45) is 3.83. The van der Waals surface area contributed by atoms with Gasteiger partial charge in [-0.2, -0.15) is 0 Å². The lowest BCUT2D eigenvalue weighted by Crippen LogP contribution is -2.30. The molecular weight excluding hydrogens is 304 g/mol. The summed E-state index contributed by atoms with van der Waals surface area (Å²) >= 11 is 3.36. The summed E-state index contributed by atoms with van der Waals surface area (Å²) in [6.45, 7) is 0.